The van der Waals surface area contributed by atoms with Crippen LogP contribution in [0.3, 0.4) is 0 Å². The van der Waals surface area contributed by atoms with Gasteiger partial charge in [0.15, 0.2) is 5.43 Å². The van der Waals surface area contributed by atoms with Gasteiger partial charge in [0.05, 0.1) is 17.5 Å². The number of rotatable bonds is 4. The lowest BCUT2D eigenvalue weighted by Gasteiger charge is -2.10. The molecule has 3 aromatic rings. The van der Waals surface area contributed by atoms with Gasteiger partial charge in [-0.3, -0.25) is 14.3 Å². The molecule has 0 atom stereocenters. The highest BCUT2D eigenvalue weighted by Crippen LogP contribution is 2.20. The summed E-state index contributed by atoms with van der Waals surface area (Å²) in [6.07, 6.45) is 1.01. The first-order valence-corrected chi connectivity index (χ1v) is 9.64. The van der Waals surface area contributed by atoms with Gasteiger partial charge in [-0.1, -0.05) is 23.8 Å². The van der Waals surface area contributed by atoms with Crippen LogP contribution in [0, 0.1) is 6.92 Å². The van der Waals surface area contributed by atoms with Crippen molar-refractivity contribution in [2.75, 3.05) is 16.3 Å². The monoisotopic (exact) mass is 371 g/mol. The average Bonchev–Trinajstić information content (AvgIpc) is 2.56. The smallest absolute Gasteiger partial charge is 0.272 e. The number of hydrogen-bond acceptors (Lipinski definition) is 4. The summed E-state index contributed by atoms with van der Waals surface area (Å²) in [6, 6.07) is 13.0. The maximum atomic E-state index is 12.5. The van der Waals surface area contributed by atoms with Gasteiger partial charge >= 0.3 is 0 Å². The number of nitrogens with one attached hydrogen (secondary N) is 3. The largest absolute Gasteiger partial charge is 0.349 e. The van der Waals surface area contributed by atoms with E-state index in [9.17, 15) is 18.0 Å². The van der Waals surface area contributed by atoms with Gasteiger partial charge in [-0.25, -0.2) is 8.42 Å². The number of H-pyrrole nitrogens is 1. The van der Waals surface area contributed by atoms with Crippen molar-refractivity contribution in [1.82, 2.24) is 4.98 Å². The minimum absolute atomic E-state index is 0.0332. The van der Waals surface area contributed by atoms with Crippen LogP contribution in [0.15, 0.2) is 53.3 Å². The van der Waals surface area contributed by atoms with Crippen LogP contribution in [0.5, 0.6) is 0 Å². The van der Waals surface area contributed by atoms with Crippen LogP contribution in [0.1, 0.15) is 16.1 Å². The predicted octanol–water partition coefficient (Wildman–Crippen LogP) is 2.46. The van der Waals surface area contributed by atoms with Crippen LogP contribution < -0.4 is 15.5 Å². The van der Waals surface area contributed by atoms with Crippen molar-refractivity contribution in [3.63, 3.8) is 0 Å². The van der Waals surface area contributed by atoms with Crippen molar-refractivity contribution in [2.24, 2.45) is 0 Å². The highest BCUT2D eigenvalue weighted by molar-refractivity contribution is 7.92. The number of carbonyl (C=O) groups excluding carboxylic acids is 1. The first-order valence-electron chi connectivity index (χ1n) is 7.75. The zero-order valence-electron chi connectivity index (χ0n) is 14.2. The van der Waals surface area contributed by atoms with E-state index in [-0.39, 0.29) is 27.7 Å². The van der Waals surface area contributed by atoms with Crippen molar-refractivity contribution in [3.8, 4) is 0 Å². The topological polar surface area (TPSA) is 108 Å². The molecule has 7 nitrogen and oxygen atoms in total. The van der Waals surface area contributed by atoms with E-state index in [0.717, 1.165) is 11.8 Å². The first kappa shape index (κ1) is 17.7. The molecule has 0 aliphatic rings. The summed E-state index contributed by atoms with van der Waals surface area (Å²) in [6.45, 7) is 1.93. The molecule has 8 heteroatoms. The van der Waals surface area contributed by atoms with Crippen molar-refractivity contribution >= 4 is 38.2 Å². The van der Waals surface area contributed by atoms with Crippen LogP contribution in [0.4, 0.5) is 11.4 Å². The Bertz CT molecular complexity index is 1150. The minimum atomic E-state index is -3.54. The molecule has 134 valence electrons. The molecule has 0 unspecified atom stereocenters. The molecule has 0 fully saturated rings. The second kappa shape index (κ2) is 6.64. The van der Waals surface area contributed by atoms with Gasteiger partial charge in [0, 0.05) is 17.1 Å². The standard InChI is InChI=1S/C18H17N3O4S/c1-11-6-8-12(9-7-11)19-18(23)15-10-16(22)13-4-3-5-14(17(13)20-15)21-26(2,24)25/h3-10,21H,1-2H3,(H,19,23)(H,20,22). The number of sulfonamides is 1. The zero-order valence-corrected chi connectivity index (χ0v) is 15.0. The Morgan fingerprint density at radius 3 is 2.42 bits per heavy atom. The summed E-state index contributed by atoms with van der Waals surface area (Å²) in [5.41, 5.74) is 1.74. The van der Waals surface area contributed by atoms with E-state index >= 15 is 0 Å². The Balaban J connectivity index is 2.03. The quantitative estimate of drug-likeness (QED) is 0.654. The number of benzene rings is 2. The lowest BCUT2D eigenvalue weighted by Crippen LogP contribution is -2.18. The number of aromatic amines is 1. The molecule has 0 spiro atoms. The van der Waals surface area contributed by atoms with Crippen molar-refractivity contribution < 1.29 is 13.2 Å². The molecule has 3 rings (SSSR count). The molecule has 1 aromatic heterocycles. The summed E-state index contributed by atoms with van der Waals surface area (Å²) < 4.78 is 25.4. The van der Waals surface area contributed by atoms with E-state index in [1.165, 1.54) is 12.1 Å². The summed E-state index contributed by atoms with van der Waals surface area (Å²) in [5.74, 6) is -0.498. The lowest BCUT2D eigenvalue weighted by atomic mass is 10.1. The normalized spacial score (nSPS) is 11.3. The SMILES string of the molecule is Cc1ccc(NC(=O)c2cc(=O)c3cccc(NS(C)(=O)=O)c3[nH]2)cc1. The number of aryl methyl sites for hydroxylation is 1. The molecule has 0 aliphatic heterocycles. The predicted molar refractivity (Wildman–Crippen MR) is 102 cm³/mol. The van der Waals surface area contributed by atoms with Crippen LogP contribution in [0.25, 0.3) is 10.9 Å². The van der Waals surface area contributed by atoms with Crippen molar-refractivity contribution in [2.45, 2.75) is 6.92 Å². The third-order valence-corrected chi connectivity index (χ3v) is 4.31. The fourth-order valence-electron chi connectivity index (χ4n) is 2.51. The van der Waals surface area contributed by atoms with Crippen LogP contribution >= 0.6 is 0 Å². The van der Waals surface area contributed by atoms with Gasteiger partial charge in [0.1, 0.15) is 5.69 Å². The Labute approximate surface area is 150 Å². The number of pyridine rings is 1. The number of fused-ring (bicyclic) bond motifs is 1. The molecule has 0 radical (unpaired) electrons. The Morgan fingerprint density at radius 1 is 1.08 bits per heavy atom. The molecule has 1 heterocycles. The van der Waals surface area contributed by atoms with Gasteiger partial charge in [-0.2, -0.15) is 0 Å². The summed E-state index contributed by atoms with van der Waals surface area (Å²) in [7, 11) is -3.54. The molecular formula is C18H17N3O4S. The van der Waals surface area contributed by atoms with E-state index in [4.69, 9.17) is 0 Å². The lowest BCUT2D eigenvalue weighted by molar-refractivity contribution is 0.102. The second-order valence-corrected chi connectivity index (χ2v) is 7.72. The fourth-order valence-corrected chi connectivity index (χ4v) is 3.08. The third kappa shape index (κ3) is 3.92. The molecule has 0 aliphatic carbocycles. The molecule has 0 saturated heterocycles. The van der Waals surface area contributed by atoms with E-state index < -0.39 is 15.9 Å². The molecule has 2 aromatic carbocycles. The summed E-state index contributed by atoms with van der Waals surface area (Å²) >= 11 is 0. The van der Waals surface area contributed by atoms with E-state index in [2.05, 4.69) is 15.0 Å². The first-order chi connectivity index (χ1) is 12.2. The molecule has 0 saturated carbocycles. The summed E-state index contributed by atoms with van der Waals surface area (Å²) in [5, 5.41) is 2.98. The van der Waals surface area contributed by atoms with Crippen molar-refractivity contribution in [3.05, 3.63) is 70.0 Å². The number of aromatic nitrogens is 1. The number of hydrogen-bond donors (Lipinski definition) is 3. The molecule has 0 bridgehead atoms. The third-order valence-electron chi connectivity index (χ3n) is 3.71. The zero-order chi connectivity index (χ0) is 18.9. The molecule has 3 N–H and O–H groups in total. The van der Waals surface area contributed by atoms with Gasteiger partial charge in [-0.15, -0.1) is 0 Å². The van der Waals surface area contributed by atoms with Crippen LogP contribution in [-0.2, 0) is 10.0 Å². The highest BCUT2D eigenvalue weighted by atomic mass is 32.2. The maximum absolute atomic E-state index is 12.5. The van der Waals surface area contributed by atoms with E-state index in [0.29, 0.717) is 5.69 Å². The van der Waals surface area contributed by atoms with Gasteiger partial charge < -0.3 is 10.3 Å². The van der Waals surface area contributed by atoms with Crippen LogP contribution in [-0.4, -0.2) is 25.6 Å². The number of para-hydroxylation sites is 1. The van der Waals surface area contributed by atoms with Gasteiger partial charge in [0.2, 0.25) is 10.0 Å². The van der Waals surface area contributed by atoms with Gasteiger partial charge in [-0.05, 0) is 31.2 Å². The fraction of sp³-hybridized carbons (Fsp3) is 0.111. The molecule has 26 heavy (non-hydrogen) atoms. The minimum Gasteiger partial charge on any atom is -0.349 e. The maximum Gasteiger partial charge on any atom is 0.272 e. The number of carbonyl (C=O) groups is 1. The van der Waals surface area contributed by atoms with Crippen LogP contribution in [0.2, 0.25) is 0 Å². The van der Waals surface area contributed by atoms with Gasteiger partial charge in [0.25, 0.3) is 5.91 Å². The Morgan fingerprint density at radius 2 is 1.77 bits per heavy atom. The average molecular weight is 371 g/mol. The summed E-state index contributed by atoms with van der Waals surface area (Å²) in [4.78, 5) is 27.7. The highest BCUT2D eigenvalue weighted by Gasteiger charge is 2.13. The Hall–Kier alpha value is -3.13. The molecule has 1 amide bonds. The second-order valence-electron chi connectivity index (χ2n) is 5.97. The number of amides is 1. The molecular weight excluding hydrogens is 354 g/mol. The van der Waals surface area contributed by atoms with E-state index in [1.54, 1.807) is 24.3 Å². The van der Waals surface area contributed by atoms with Crippen molar-refractivity contribution in [1.29, 1.82) is 0 Å². The Kier molecular flexibility index (Phi) is 4.52. The number of anilines is 2. The van der Waals surface area contributed by atoms with E-state index in [1.807, 2.05) is 19.1 Å².